The van der Waals surface area contributed by atoms with Gasteiger partial charge in [0.2, 0.25) is 0 Å². The summed E-state index contributed by atoms with van der Waals surface area (Å²) in [6.07, 6.45) is 4.81. The van der Waals surface area contributed by atoms with Crippen LogP contribution in [0.5, 0.6) is 0 Å². The lowest BCUT2D eigenvalue weighted by atomic mass is 10.4. The number of carbonyl (C=O) groups is 1. The number of aromatic amines is 1. The molecule has 0 aliphatic carbocycles. The summed E-state index contributed by atoms with van der Waals surface area (Å²) in [5.41, 5.74) is 1.23. The van der Waals surface area contributed by atoms with Crippen LogP contribution in [0.1, 0.15) is 16.2 Å². The highest BCUT2D eigenvalue weighted by molar-refractivity contribution is 7.13. The predicted octanol–water partition coefficient (Wildman–Crippen LogP) is 2.06. The molecule has 0 bridgehead atoms. The fraction of sp³-hybridized carbons (Fsp3) is 0.0833. The minimum Gasteiger partial charge on any atom is -0.462 e. The summed E-state index contributed by atoms with van der Waals surface area (Å²) in [5.74, 6) is 0.446. The summed E-state index contributed by atoms with van der Waals surface area (Å²) in [6, 6.07) is 3.60. The van der Waals surface area contributed by atoms with E-state index in [9.17, 15) is 4.79 Å². The maximum atomic E-state index is 11.9. The second-order valence-electron chi connectivity index (χ2n) is 3.77. The second kappa shape index (κ2) is 5.07. The van der Waals surface area contributed by atoms with Crippen molar-refractivity contribution in [3.8, 4) is 10.8 Å². The molecule has 7 heteroatoms. The average molecular weight is 274 g/mol. The molecule has 0 aliphatic heterocycles. The van der Waals surface area contributed by atoms with Crippen LogP contribution in [0.4, 0.5) is 0 Å². The molecule has 0 aliphatic rings. The molecule has 0 spiro atoms. The van der Waals surface area contributed by atoms with E-state index >= 15 is 0 Å². The van der Waals surface area contributed by atoms with Gasteiger partial charge in [-0.3, -0.25) is 4.79 Å². The molecule has 3 heterocycles. The molecule has 0 saturated carbocycles. The van der Waals surface area contributed by atoms with Crippen molar-refractivity contribution in [1.82, 2.24) is 20.3 Å². The first kappa shape index (κ1) is 11.7. The van der Waals surface area contributed by atoms with E-state index in [1.165, 1.54) is 11.3 Å². The van der Waals surface area contributed by atoms with Gasteiger partial charge in [-0.25, -0.2) is 9.97 Å². The standard InChI is InChI=1S/C12H10N4O2S/c17-11(14-5-8-4-13-7-15-8)9-6-19-12(16-9)10-2-1-3-18-10/h1-4,6-7H,5H2,(H,13,15)(H,14,17). The van der Waals surface area contributed by atoms with E-state index < -0.39 is 0 Å². The highest BCUT2D eigenvalue weighted by Gasteiger charge is 2.12. The summed E-state index contributed by atoms with van der Waals surface area (Å²) >= 11 is 1.37. The van der Waals surface area contributed by atoms with Gasteiger partial charge in [-0.15, -0.1) is 11.3 Å². The number of rotatable bonds is 4. The predicted molar refractivity (Wildman–Crippen MR) is 69.6 cm³/mol. The summed E-state index contributed by atoms with van der Waals surface area (Å²) < 4.78 is 5.23. The summed E-state index contributed by atoms with van der Waals surface area (Å²) in [7, 11) is 0. The van der Waals surface area contributed by atoms with Crippen molar-refractivity contribution in [3.05, 3.63) is 47.7 Å². The van der Waals surface area contributed by atoms with Gasteiger partial charge >= 0.3 is 0 Å². The first-order valence-electron chi connectivity index (χ1n) is 5.58. The Labute approximate surface area is 112 Å². The Morgan fingerprint density at radius 1 is 1.53 bits per heavy atom. The Balaban J connectivity index is 1.67. The number of nitrogens with zero attached hydrogens (tertiary/aromatic N) is 2. The number of thiazole rings is 1. The molecule has 96 valence electrons. The summed E-state index contributed by atoms with van der Waals surface area (Å²) in [5, 5.41) is 5.16. The zero-order valence-electron chi connectivity index (χ0n) is 9.79. The van der Waals surface area contributed by atoms with Crippen LogP contribution in [-0.2, 0) is 6.54 Å². The molecule has 3 aromatic heterocycles. The zero-order chi connectivity index (χ0) is 13.1. The van der Waals surface area contributed by atoms with E-state index in [0.29, 0.717) is 23.0 Å². The lowest BCUT2D eigenvalue weighted by molar-refractivity contribution is 0.0946. The number of carbonyl (C=O) groups excluding carboxylic acids is 1. The Morgan fingerprint density at radius 3 is 3.21 bits per heavy atom. The number of amides is 1. The second-order valence-corrected chi connectivity index (χ2v) is 4.63. The Morgan fingerprint density at radius 2 is 2.47 bits per heavy atom. The number of furan rings is 1. The van der Waals surface area contributed by atoms with Crippen molar-refractivity contribution in [2.24, 2.45) is 0 Å². The number of H-pyrrole nitrogens is 1. The van der Waals surface area contributed by atoms with Crippen molar-refractivity contribution < 1.29 is 9.21 Å². The maximum absolute atomic E-state index is 11.9. The maximum Gasteiger partial charge on any atom is 0.271 e. The molecule has 19 heavy (non-hydrogen) atoms. The molecule has 6 nitrogen and oxygen atoms in total. The van der Waals surface area contributed by atoms with Crippen LogP contribution in [0.2, 0.25) is 0 Å². The number of aromatic nitrogens is 3. The number of imidazole rings is 1. The van der Waals surface area contributed by atoms with E-state index in [1.807, 2.05) is 6.07 Å². The van der Waals surface area contributed by atoms with Crippen molar-refractivity contribution >= 4 is 17.2 Å². The van der Waals surface area contributed by atoms with Crippen LogP contribution in [-0.4, -0.2) is 20.9 Å². The van der Waals surface area contributed by atoms with Gasteiger partial charge in [0.25, 0.3) is 5.91 Å². The normalized spacial score (nSPS) is 10.5. The fourth-order valence-corrected chi connectivity index (χ4v) is 2.31. The molecule has 2 N–H and O–H groups in total. The van der Waals surface area contributed by atoms with E-state index in [2.05, 4.69) is 20.3 Å². The Hall–Kier alpha value is -2.41. The molecule has 0 radical (unpaired) electrons. The molecule has 3 aromatic rings. The fourth-order valence-electron chi connectivity index (χ4n) is 1.54. The van der Waals surface area contributed by atoms with Crippen molar-refractivity contribution in [2.45, 2.75) is 6.54 Å². The van der Waals surface area contributed by atoms with Crippen LogP contribution in [0, 0.1) is 0 Å². The third-order valence-electron chi connectivity index (χ3n) is 2.46. The van der Waals surface area contributed by atoms with Gasteiger partial charge in [-0.1, -0.05) is 0 Å². The zero-order valence-corrected chi connectivity index (χ0v) is 10.6. The van der Waals surface area contributed by atoms with Gasteiger partial charge in [0.05, 0.1) is 24.8 Å². The van der Waals surface area contributed by atoms with Crippen molar-refractivity contribution in [1.29, 1.82) is 0 Å². The van der Waals surface area contributed by atoms with Crippen LogP contribution in [0.3, 0.4) is 0 Å². The van der Waals surface area contributed by atoms with Crippen molar-refractivity contribution in [3.63, 3.8) is 0 Å². The molecule has 1 amide bonds. The lowest BCUT2D eigenvalue weighted by Gasteiger charge is -1.99. The van der Waals surface area contributed by atoms with E-state index in [1.54, 1.807) is 30.2 Å². The molecule has 0 atom stereocenters. The van der Waals surface area contributed by atoms with Crippen molar-refractivity contribution in [2.75, 3.05) is 0 Å². The van der Waals surface area contributed by atoms with Gasteiger partial charge in [0.1, 0.15) is 5.69 Å². The van der Waals surface area contributed by atoms with Crippen LogP contribution in [0.25, 0.3) is 10.8 Å². The van der Waals surface area contributed by atoms with E-state index in [0.717, 1.165) is 5.69 Å². The summed E-state index contributed by atoms with van der Waals surface area (Å²) in [6.45, 7) is 0.395. The molecule has 0 unspecified atom stereocenters. The molecule has 0 aromatic carbocycles. The largest absolute Gasteiger partial charge is 0.462 e. The first-order valence-corrected chi connectivity index (χ1v) is 6.46. The smallest absolute Gasteiger partial charge is 0.271 e. The van der Waals surface area contributed by atoms with Gasteiger partial charge < -0.3 is 14.7 Å². The number of hydrogen-bond acceptors (Lipinski definition) is 5. The van der Waals surface area contributed by atoms with E-state index in [-0.39, 0.29) is 5.91 Å². The van der Waals surface area contributed by atoms with Crippen LogP contribution >= 0.6 is 11.3 Å². The number of hydrogen-bond donors (Lipinski definition) is 2. The number of nitrogens with one attached hydrogen (secondary N) is 2. The third-order valence-corrected chi connectivity index (χ3v) is 3.32. The molecular formula is C12H10N4O2S. The van der Waals surface area contributed by atoms with Crippen LogP contribution < -0.4 is 5.32 Å². The van der Waals surface area contributed by atoms with Gasteiger partial charge in [0, 0.05) is 11.6 Å². The van der Waals surface area contributed by atoms with Crippen LogP contribution in [0.15, 0.2) is 40.7 Å². The van der Waals surface area contributed by atoms with E-state index in [4.69, 9.17) is 4.42 Å². The molecule has 3 rings (SSSR count). The molecule has 0 fully saturated rings. The third kappa shape index (κ3) is 2.55. The SMILES string of the molecule is O=C(NCc1cnc[nH]1)c1csc(-c2ccco2)n1. The topological polar surface area (TPSA) is 83.8 Å². The highest BCUT2D eigenvalue weighted by atomic mass is 32.1. The Kier molecular flexibility index (Phi) is 3.11. The van der Waals surface area contributed by atoms with Gasteiger partial charge in [-0.2, -0.15) is 0 Å². The van der Waals surface area contributed by atoms with Gasteiger partial charge in [-0.05, 0) is 12.1 Å². The Bertz CT molecular complexity index is 658. The first-order chi connectivity index (χ1) is 9.33. The molecular weight excluding hydrogens is 264 g/mol. The van der Waals surface area contributed by atoms with Gasteiger partial charge in [0.15, 0.2) is 10.8 Å². The molecule has 0 saturated heterocycles. The minimum absolute atomic E-state index is 0.219. The minimum atomic E-state index is -0.219. The lowest BCUT2D eigenvalue weighted by Crippen LogP contribution is -2.23. The monoisotopic (exact) mass is 274 g/mol. The average Bonchev–Trinajstić information content (AvgIpc) is 3.14. The highest BCUT2D eigenvalue weighted by Crippen LogP contribution is 2.23. The quantitative estimate of drug-likeness (QED) is 0.762. The summed E-state index contributed by atoms with van der Waals surface area (Å²) in [4.78, 5) is 22.9.